The van der Waals surface area contributed by atoms with E-state index in [0.29, 0.717) is 12.8 Å². The smallest absolute Gasteiger partial charge is 0.306 e. The number of rotatable bonds is 36. The van der Waals surface area contributed by atoms with E-state index in [0.717, 1.165) is 57.8 Å². The fourth-order valence-corrected chi connectivity index (χ4v) is 7.06. The van der Waals surface area contributed by atoms with Crippen LogP contribution in [0.15, 0.2) is 48.6 Å². The van der Waals surface area contributed by atoms with Gasteiger partial charge in [-0.05, 0) is 70.6 Å². The Morgan fingerprint density at radius 2 is 1.05 bits per heavy atom. The SMILES string of the molecule is CCCC/C=C/CCCCCCCCCCCC(=O)OC[C@H](CO[C@H]1O[C@H](CS(=O)(=O)O)[C@@H](O)C(O)C1O)OC(=O)CCCC/C=C/C/C=C/C/C=C/CCCCC. The van der Waals surface area contributed by atoms with E-state index in [1.54, 1.807) is 0 Å². The Bertz CT molecular complexity index is 1260. The molecule has 336 valence electrons. The van der Waals surface area contributed by atoms with Crippen molar-refractivity contribution in [3.05, 3.63) is 48.6 Å². The molecule has 1 aliphatic heterocycles. The maximum Gasteiger partial charge on any atom is 0.306 e. The molecule has 0 aliphatic carbocycles. The maximum absolute atomic E-state index is 12.8. The first-order chi connectivity index (χ1) is 28.0. The third kappa shape index (κ3) is 29.8. The van der Waals surface area contributed by atoms with Crippen molar-refractivity contribution >= 4 is 22.1 Å². The normalized spacial score (nSPS) is 20.8. The summed E-state index contributed by atoms with van der Waals surface area (Å²) < 4.78 is 54.0. The molecule has 0 saturated carbocycles. The van der Waals surface area contributed by atoms with Crippen LogP contribution in [0, 0.1) is 0 Å². The van der Waals surface area contributed by atoms with Gasteiger partial charge in [-0.25, -0.2) is 0 Å². The van der Waals surface area contributed by atoms with E-state index in [9.17, 15) is 37.9 Å². The molecular weight excluding hydrogens is 765 g/mol. The van der Waals surface area contributed by atoms with Crippen molar-refractivity contribution in [2.24, 2.45) is 0 Å². The van der Waals surface area contributed by atoms with Crippen LogP contribution in [0.4, 0.5) is 0 Å². The summed E-state index contributed by atoms with van der Waals surface area (Å²) in [4.78, 5) is 25.4. The summed E-state index contributed by atoms with van der Waals surface area (Å²) in [6.07, 6.45) is 31.6. The van der Waals surface area contributed by atoms with Crippen LogP contribution >= 0.6 is 0 Å². The zero-order valence-electron chi connectivity index (χ0n) is 35.6. The zero-order valence-corrected chi connectivity index (χ0v) is 36.5. The molecule has 1 saturated heterocycles. The minimum atomic E-state index is -4.61. The van der Waals surface area contributed by atoms with Crippen LogP contribution < -0.4 is 0 Å². The number of esters is 2. The Labute approximate surface area is 350 Å². The quantitative estimate of drug-likeness (QED) is 0.0204. The molecule has 12 nitrogen and oxygen atoms in total. The van der Waals surface area contributed by atoms with Crippen molar-refractivity contribution in [2.45, 2.75) is 205 Å². The van der Waals surface area contributed by atoms with Crippen LogP contribution in [-0.2, 0) is 38.7 Å². The van der Waals surface area contributed by atoms with Gasteiger partial charge in [0.15, 0.2) is 12.4 Å². The lowest BCUT2D eigenvalue weighted by Crippen LogP contribution is -2.60. The second kappa shape index (κ2) is 35.4. The van der Waals surface area contributed by atoms with E-state index in [1.165, 1.54) is 70.6 Å². The summed E-state index contributed by atoms with van der Waals surface area (Å²) in [5.74, 6) is -2.04. The summed E-state index contributed by atoms with van der Waals surface area (Å²) in [6, 6.07) is 0. The molecule has 1 aliphatic rings. The second-order valence-electron chi connectivity index (χ2n) is 15.4. The number of aliphatic hydroxyl groups is 3. The lowest BCUT2D eigenvalue weighted by atomic mass is 10.00. The average Bonchev–Trinajstić information content (AvgIpc) is 3.18. The number of carbonyl (C=O) groups is 2. The van der Waals surface area contributed by atoms with Gasteiger partial charge in [-0.3, -0.25) is 14.1 Å². The van der Waals surface area contributed by atoms with Crippen LogP contribution in [0.2, 0.25) is 0 Å². The number of hydrogen-bond donors (Lipinski definition) is 4. The van der Waals surface area contributed by atoms with Crippen molar-refractivity contribution in [3.63, 3.8) is 0 Å². The standard InChI is InChI=1S/C45H78O12S/c1-3-5-7-9-11-13-15-17-19-21-23-25-27-29-31-33-40(46)54-35-38(36-55-45-44(50)43(49)42(48)39(57-45)37-58(51,52)53)56-41(47)34-32-30-28-26-24-22-20-18-16-14-12-10-8-6-4-2/h9,11-12,14,18,20,24,26,38-39,42-45,48-50H,3-8,10,13,15-17,19,21-23,25,27-37H2,1-2H3,(H,51,52,53)/b11-9+,14-12+,20-18+,26-24+/t38-,39-,42-,43?,44?,45+/m1/s1. The van der Waals surface area contributed by atoms with Gasteiger partial charge in [0.25, 0.3) is 10.1 Å². The number of carbonyl (C=O) groups excluding carboxylic acids is 2. The zero-order chi connectivity index (χ0) is 42.7. The summed E-state index contributed by atoms with van der Waals surface area (Å²) in [5.41, 5.74) is 0. The van der Waals surface area contributed by atoms with Crippen LogP contribution in [0.3, 0.4) is 0 Å². The van der Waals surface area contributed by atoms with E-state index in [1.807, 2.05) is 0 Å². The van der Waals surface area contributed by atoms with Gasteiger partial charge in [0.05, 0.1) is 6.61 Å². The van der Waals surface area contributed by atoms with Gasteiger partial charge in [0.2, 0.25) is 0 Å². The van der Waals surface area contributed by atoms with Gasteiger partial charge in [0.1, 0.15) is 36.8 Å². The van der Waals surface area contributed by atoms with Crippen LogP contribution in [-0.4, -0.2) is 96.0 Å². The first-order valence-electron chi connectivity index (χ1n) is 22.2. The summed E-state index contributed by atoms with van der Waals surface area (Å²) >= 11 is 0. The van der Waals surface area contributed by atoms with E-state index in [2.05, 4.69) is 62.5 Å². The van der Waals surface area contributed by atoms with Gasteiger partial charge in [0, 0.05) is 12.8 Å². The summed E-state index contributed by atoms with van der Waals surface area (Å²) in [6.45, 7) is 3.66. The Balaban J connectivity index is 2.49. The van der Waals surface area contributed by atoms with Crippen LogP contribution in [0.25, 0.3) is 0 Å². The lowest BCUT2D eigenvalue weighted by Gasteiger charge is -2.40. The Morgan fingerprint density at radius 3 is 1.64 bits per heavy atom. The third-order valence-corrected chi connectivity index (χ3v) is 10.6. The van der Waals surface area contributed by atoms with Crippen LogP contribution in [0.5, 0.6) is 0 Å². The third-order valence-electron chi connectivity index (χ3n) is 9.88. The highest BCUT2D eigenvalue weighted by molar-refractivity contribution is 7.85. The van der Waals surface area contributed by atoms with E-state index < -0.39 is 71.2 Å². The maximum atomic E-state index is 12.8. The van der Waals surface area contributed by atoms with Gasteiger partial charge in [-0.2, -0.15) is 8.42 Å². The molecular formula is C45H78O12S. The molecule has 6 atom stereocenters. The fourth-order valence-electron chi connectivity index (χ4n) is 6.37. The molecule has 1 heterocycles. The Morgan fingerprint density at radius 1 is 0.586 bits per heavy atom. The van der Waals surface area contributed by atoms with Crippen molar-refractivity contribution < 1.29 is 56.8 Å². The fraction of sp³-hybridized carbons (Fsp3) is 0.778. The molecule has 0 aromatic carbocycles. The van der Waals surface area contributed by atoms with E-state index in [-0.39, 0.29) is 19.4 Å². The number of hydrogen-bond acceptors (Lipinski definition) is 11. The van der Waals surface area contributed by atoms with E-state index in [4.69, 9.17) is 18.9 Å². The molecule has 0 aromatic heterocycles. The predicted molar refractivity (Wildman–Crippen MR) is 229 cm³/mol. The van der Waals surface area contributed by atoms with Gasteiger partial charge in [-0.1, -0.05) is 133 Å². The van der Waals surface area contributed by atoms with Crippen molar-refractivity contribution in [2.75, 3.05) is 19.0 Å². The topological polar surface area (TPSA) is 186 Å². The Kier molecular flexibility index (Phi) is 32.7. The molecule has 2 unspecified atom stereocenters. The molecule has 0 amide bonds. The molecule has 0 aromatic rings. The number of unbranched alkanes of at least 4 members (excludes halogenated alkanes) is 16. The number of aliphatic hydroxyl groups excluding tert-OH is 3. The van der Waals surface area contributed by atoms with Crippen LogP contribution in [0.1, 0.15) is 168 Å². The van der Waals surface area contributed by atoms with E-state index >= 15 is 0 Å². The molecule has 0 spiro atoms. The van der Waals surface area contributed by atoms with Gasteiger partial charge >= 0.3 is 11.9 Å². The van der Waals surface area contributed by atoms with Gasteiger partial charge in [-0.15, -0.1) is 0 Å². The highest BCUT2D eigenvalue weighted by Crippen LogP contribution is 2.24. The first-order valence-corrected chi connectivity index (χ1v) is 23.8. The molecule has 13 heteroatoms. The monoisotopic (exact) mass is 843 g/mol. The molecule has 0 radical (unpaired) electrons. The minimum Gasteiger partial charge on any atom is -0.462 e. The lowest BCUT2D eigenvalue weighted by molar-refractivity contribution is -0.297. The molecule has 58 heavy (non-hydrogen) atoms. The largest absolute Gasteiger partial charge is 0.462 e. The van der Waals surface area contributed by atoms with Gasteiger partial charge < -0.3 is 34.3 Å². The second-order valence-corrected chi connectivity index (χ2v) is 16.9. The molecule has 1 fully saturated rings. The number of ether oxygens (including phenoxy) is 4. The van der Waals surface area contributed by atoms with Crippen molar-refractivity contribution in [3.8, 4) is 0 Å². The summed E-state index contributed by atoms with van der Waals surface area (Å²) in [5, 5.41) is 30.8. The highest BCUT2D eigenvalue weighted by Gasteiger charge is 2.46. The Hall–Kier alpha value is -2.39. The predicted octanol–water partition coefficient (Wildman–Crippen LogP) is 8.78. The molecule has 4 N–H and O–H groups in total. The van der Waals surface area contributed by atoms with Crippen molar-refractivity contribution in [1.82, 2.24) is 0 Å². The summed E-state index contributed by atoms with van der Waals surface area (Å²) in [7, 11) is -4.61. The molecule has 0 bridgehead atoms. The minimum absolute atomic E-state index is 0.114. The first kappa shape index (κ1) is 53.6. The molecule has 1 rings (SSSR count). The highest BCUT2D eigenvalue weighted by atomic mass is 32.2. The number of allylic oxidation sites excluding steroid dienone is 8. The van der Waals surface area contributed by atoms with Crippen molar-refractivity contribution in [1.29, 1.82) is 0 Å². The average molecular weight is 843 g/mol.